The number of rotatable bonds is 3. The second kappa shape index (κ2) is 5.93. The summed E-state index contributed by atoms with van der Waals surface area (Å²) in [4.78, 5) is 28.2. The molecule has 1 amide bonds. The van der Waals surface area contributed by atoms with Crippen LogP contribution in [0.2, 0.25) is 0 Å². The summed E-state index contributed by atoms with van der Waals surface area (Å²) in [5, 5.41) is 0.744. The smallest absolute Gasteiger partial charge is 0.343 e. The Labute approximate surface area is 128 Å². The Kier molecular flexibility index (Phi) is 4.41. The van der Waals surface area contributed by atoms with Gasteiger partial charge in [0.2, 0.25) is 0 Å². The van der Waals surface area contributed by atoms with Crippen LogP contribution in [0.3, 0.4) is 0 Å². The maximum Gasteiger partial charge on any atom is 0.343 e. The second-order valence-electron chi connectivity index (χ2n) is 5.56. The van der Waals surface area contributed by atoms with Crippen molar-refractivity contribution in [1.29, 1.82) is 0 Å². The van der Waals surface area contributed by atoms with Crippen molar-refractivity contribution in [2.24, 2.45) is 5.92 Å². The average molecular weight is 311 g/mol. The number of nitrogen functional groups attached to an aromatic ring is 1. The van der Waals surface area contributed by atoms with Crippen molar-refractivity contribution in [1.82, 2.24) is 4.90 Å². The lowest BCUT2D eigenvalue weighted by Crippen LogP contribution is -2.22. The molecule has 0 saturated carbocycles. The number of carbonyl (C=O) groups is 2. The predicted molar refractivity (Wildman–Crippen MR) is 84.1 cm³/mol. The Morgan fingerprint density at radius 2 is 2.10 bits per heavy atom. The quantitative estimate of drug-likeness (QED) is 0.859. The minimum absolute atomic E-state index is 0.193. The third-order valence-electron chi connectivity index (χ3n) is 3.63. The molecule has 1 fully saturated rings. The molecule has 0 aliphatic carbocycles. The molecular weight excluding hydrogens is 290 g/mol. The highest BCUT2D eigenvalue weighted by molar-refractivity contribution is 7.19. The summed E-state index contributed by atoms with van der Waals surface area (Å²) in [6.07, 6.45) is 1.06. The number of anilines is 2. The van der Waals surface area contributed by atoms with E-state index in [0.717, 1.165) is 24.5 Å². The van der Waals surface area contributed by atoms with Gasteiger partial charge in [-0.1, -0.05) is 6.92 Å². The summed E-state index contributed by atoms with van der Waals surface area (Å²) in [5.74, 6) is -0.121. The van der Waals surface area contributed by atoms with Gasteiger partial charge in [-0.25, -0.2) is 4.79 Å². The molecule has 1 atom stereocenters. The lowest BCUT2D eigenvalue weighted by Gasteiger charge is -2.17. The minimum Gasteiger partial charge on any atom is -0.465 e. The van der Waals surface area contributed by atoms with Crippen LogP contribution < -0.4 is 10.6 Å². The highest BCUT2D eigenvalue weighted by Crippen LogP contribution is 2.41. The van der Waals surface area contributed by atoms with Crippen LogP contribution in [0.25, 0.3) is 0 Å². The summed E-state index contributed by atoms with van der Waals surface area (Å²) in [7, 11) is 4.65. The first-order valence-corrected chi connectivity index (χ1v) is 7.65. The number of ether oxygens (including phenoxy) is 1. The first-order valence-electron chi connectivity index (χ1n) is 6.84. The lowest BCUT2D eigenvalue weighted by atomic mass is 10.2. The molecule has 2 rings (SSSR count). The van der Waals surface area contributed by atoms with Crippen molar-refractivity contribution in [3.63, 3.8) is 0 Å². The van der Waals surface area contributed by atoms with E-state index in [-0.39, 0.29) is 11.6 Å². The number of nitrogens with two attached hydrogens (primary N) is 1. The predicted octanol–water partition coefficient (Wildman–Crippen LogP) is 1.66. The molecule has 2 heterocycles. The van der Waals surface area contributed by atoms with Gasteiger partial charge in [0.15, 0.2) is 0 Å². The fraction of sp³-hybridized carbons (Fsp3) is 0.571. The van der Waals surface area contributed by atoms with Crippen molar-refractivity contribution >= 4 is 33.9 Å². The van der Waals surface area contributed by atoms with Crippen molar-refractivity contribution in [3.8, 4) is 0 Å². The normalized spacial score (nSPS) is 17.9. The Morgan fingerprint density at radius 3 is 2.57 bits per heavy atom. The Bertz CT molecular complexity index is 568. The molecule has 1 unspecified atom stereocenters. The topological polar surface area (TPSA) is 75.9 Å². The Balaban J connectivity index is 2.50. The molecule has 7 heteroatoms. The standard InChI is InChI=1S/C14H21N3O3S/c1-8-5-6-17(7-8)13-9(14(19)20-4)10(15)11(21-13)12(18)16(2)3/h8H,5-7,15H2,1-4H3. The molecule has 0 spiro atoms. The van der Waals surface area contributed by atoms with Gasteiger partial charge in [0.05, 0.1) is 12.8 Å². The largest absolute Gasteiger partial charge is 0.465 e. The van der Waals surface area contributed by atoms with E-state index >= 15 is 0 Å². The van der Waals surface area contributed by atoms with Crippen molar-refractivity contribution in [2.45, 2.75) is 13.3 Å². The van der Waals surface area contributed by atoms with Crippen LogP contribution in [0.15, 0.2) is 0 Å². The zero-order chi connectivity index (χ0) is 15.7. The van der Waals surface area contributed by atoms with Crippen molar-refractivity contribution in [3.05, 3.63) is 10.4 Å². The zero-order valence-electron chi connectivity index (χ0n) is 12.8. The highest BCUT2D eigenvalue weighted by Gasteiger charge is 2.31. The van der Waals surface area contributed by atoms with Gasteiger partial charge in [-0.15, -0.1) is 11.3 Å². The van der Waals surface area contributed by atoms with Crippen LogP contribution in [-0.2, 0) is 4.74 Å². The number of carbonyl (C=O) groups excluding carboxylic acids is 2. The van der Waals surface area contributed by atoms with Crippen molar-refractivity contribution < 1.29 is 14.3 Å². The van der Waals surface area contributed by atoms with E-state index in [0.29, 0.717) is 16.4 Å². The molecule has 1 saturated heterocycles. The average Bonchev–Trinajstić information content (AvgIpc) is 3.00. The lowest BCUT2D eigenvalue weighted by molar-refractivity contribution is 0.0603. The highest BCUT2D eigenvalue weighted by atomic mass is 32.1. The number of esters is 1. The van der Waals surface area contributed by atoms with Gasteiger partial charge >= 0.3 is 5.97 Å². The first-order chi connectivity index (χ1) is 9.86. The number of thiophene rings is 1. The molecule has 1 aromatic rings. The van der Waals surface area contributed by atoms with E-state index in [9.17, 15) is 9.59 Å². The first kappa shape index (κ1) is 15.6. The van der Waals surface area contributed by atoms with Crippen LogP contribution in [0.4, 0.5) is 10.7 Å². The number of hydrogen-bond acceptors (Lipinski definition) is 6. The third-order valence-corrected chi connectivity index (χ3v) is 4.88. The summed E-state index contributed by atoms with van der Waals surface area (Å²) < 4.78 is 4.83. The van der Waals surface area contributed by atoms with E-state index < -0.39 is 5.97 Å². The molecule has 2 N–H and O–H groups in total. The molecule has 1 aliphatic heterocycles. The summed E-state index contributed by atoms with van der Waals surface area (Å²) in [5.41, 5.74) is 6.60. The van der Waals surface area contributed by atoms with Gasteiger partial charge in [0.1, 0.15) is 15.4 Å². The van der Waals surface area contributed by atoms with Gasteiger partial charge in [0, 0.05) is 27.2 Å². The van der Waals surface area contributed by atoms with Crippen LogP contribution in [0, 0.1) is 5.92 Å². The molecule has 116 valence electrons. The Morgan fingerprint density at radius 1 is 1.43 bits per heavy atom. The maximum atomic E-state index is 12.2. The minimum atomic E-state index is -0.490. The van der Waals surface area contributed by atoms with E-state index in [2.05, 4.69) is 11.8 Å². The summed E-state index contributed by atoms with van der Waals surface area (Å²) in [6, 6.07) is 0. The van der Waals surface area contributed by atoms with Gasteiger partial charge in [-0.3, -0.25) is 4.79 Å². The molecule has 1 aliphatic rings. The van der Waals surface area contributed by atoms with Crippen LogP contribution in [-0.4, -0.2) is 51.1 Å². The Hall–Kier alpha value is -1.76. The van der Waals surface area contributed by atoms with Gasteiger partial charge < -0.3 is 20.3 Å². The van der Waals surface area contributed by atoms with E-state index in [1.807, 2.05) is 0 Å². The fourth-order valence-corrected chi connectivity index (χ4v) is 3.70. The number of nitrogens with zero attached hydrogens (tertiary/aromatic N) is 2. The molecule has 6 nitrogen and oxygen atoms in total. The summed E-state index contributed by atoms with van der Waals surface area (Å²) >= 11 is 1.27. The molecule has 1 aromatic heterocycles. The second-order valence-corrected chi connectivity index (χ2v) is 6.56. The number of hydrogen-bond donors (Lipinski definition) is 1. The number of methoxy groups -OCH3 is 1. The maximum absolute atomic E-state index is 12.2. The molecule has 0 radical (unpaired) electrons. The van der Waals surface area contributed by atoms with Crippen LogP contribution in [0.5, 0.6) is 0 Å². The SMILES string of the molecule is COC(=O)c1c(N2CCC(C)C2)sc(C(=O)N(C)C)c1N. The van der Waals surface area contributed by atoms with E-state index in [4.69, 9.17) is 10.5 Å². The zero-order valence-corrected chi connectivity index (χ0v) is 13.6. The molecule has 0 bridgehead atoms. The van der Waals surface area contributed by atoms with Crippen molar-refractivity contribution in [2.75, 3.05) is 44.9 Å². The van der Waals surface area contributed by atoms with Gasteiger partial charge in [0.25, 0.3) is 5.91 Å². The third kappa shape index (κ3) is 2.83. The monoisotopic (exact) mass is 311 g/mol. The van der Waals surface area contributed by atoms with E-state index in [1.165, 1.54) is 23.3 Å². The van der Waals surface area contributed by atoms with Gasteiger partial charge in [-0.05, 0) is 12.3 Å². The molecular formula is C14H21N3O3S. The van der Waals surface area contributed by atoms with Crippen LogP contribution in [0.1, 0.15) is 33.4 Å². The molecule has 0 aromatic carbocycles. The summed E-state index contributed by atoms with van der Waals surface area (Å²) in [6.45, 7) is 3.89. The fourth-order valence-electron chi connectivity index (χ4n) is 2.43. The molecule has 21 heavy (non-hydrogen) atoms. The number of amides is 1. The van der Waals surface area contributed by atoms with Crippen LogP contribution >= 0.6 is 11.3 Å². The van der Waals surface area contributed by atoms with E-state index in [1.54, 1.807) is 14.1 Å². The van der Waals surface area contributed by atoms with Gasteiger partial charge in [-0.2, -0.15) is 0 Å².